The lowest BCUT2D eigenvalue weighted by atomic mass is 9.76. The Morgan fingerprint density at radius 2 is 2.36 bits per heavy atom. The fourth-order valence-electron chi connectivity index (χ4n) is 1.83. The maximum Gasteiger partial charge on any atom is 0.124 e. The van der Waals surface area contributed by atoms with Crippen molar-refractivity contribution in [3.05, 3.63) is 35.8 Å². The number of hydrogen-bond acceptors (Lipinski definition) is 2. The molecular formula is C11H12FNO. The molecular weight excluding hydrogens is 181 g/mol. The van der Waals surface area contributed by atoms with E-state index in [1.54, 1.807) is 12.3 Å². The van der Waals surface area contributed by atoms with Crippen LogP contribution in [0.4, 0.5) is 4.39 Å². The molecule has 1 aliphatic carbocycles. The van der Waals surface area contributed by atoms with Gasteiger partial charge >= 0.3 is 0 Å². The molecule has 1 atom stereocenters. The van der Waals surface area contributed by atoms with Crippen molar-refractivity contribution in [3.8, 4) is 0 Å². The summed E-state index contributed by atoms with van der Waals surface area (Å²) in [7, 11) is 0. The van der Waals surface area contributed by atoms with Crippen molar-refractivity contribution in [1.82, 2.24) is 0 Å². The van der Waals surface area contributed by atoms with Crippen LogP contribution in [0.15, 0.2) is 40.8 Å². The molecule has 0 bridgehead atoms. The lowest BCUT2D eigenvalue weighted by Crippen LogP contribution is -2.26. The van der Waals surface area contributed by atoms with E-state index in [1.807, 2.05) is 6.92 Å². The van der Waals surface area contributed by atoms with Gasteiger partial charge in [-0.3, -0.25) is 4.99 Å². The summed E-state index contributed by atoms with van der Waals surface area (Å²) >= 11 is 0. The number of nitrogens with zero attached hydrogens (tertiary/aromatic N) is 1. The van der Waals surface area contributed by atoms with Crippen molar-refractivity contribution in [1.29, 1.82) is 0 Å². The van der Waals surface area contributed by atoms with E-state index < -0.39 is 0 Å². The van der Waals surface area contributed by atoms with Gasteiger partial charge in [0.1, 0.15) is 5.83 Å². The van der Waals surface area contributed by atoms with Crippen LogP contribution in [0.2, 0.25) is 0 Å². The van der Waals surface area contributed by atoms with Crippen molar-refractivity contribution in [3.63, 3.8) is 0 Å². The third-order valence-electron chi connectivity index (χ3n) is 2.79. The van der Waals surface area contributed by atoms with Crippen LogP contribution >= 0.6 is 0 Å². The van der Waals surface area contributed by atoms with Crippen LogP contribution in [0.1, 0.15) is 13.3 Å². The maximum atomic E-state index is 12.9. The van der Waals surface area contributed by atoms with Gasteiger partial charge < -0.3 is 5.11 Å². The Kier molecular flexibility index (Phi) is 2.11. The molecule has 0 radical (unpaired) electrons. The Morgan fingerprint density at radius 1 is 1.57 bits per heavy atom. The summed E-state index contributed by atoms with van der Waals surface area (Å²) in [5.74, 6) is -0.264. The number of aliphatic hydroxyl groups excluding tert-OH is 1. The lowest BCUT2D eigenvalue weighted by molar-refractivity contribution is 0.294. The SMILES string of the molecule is CC12C=CC(F)=CC1=NC=C2CCO. The second-order valence-corrected chi connectivity index (χ2v) is 3.71. The molecule has 0 fully saturated rings. The molecule has 0 aromatic carbocycles. The van der Waals surface area contributed by atoms with E-state index in [2.05, 4.69) is 4.99 Å². The highest BCUT2D eigenvalue weighted by atomic mass is 19.1. The number of halogens is 1. The first-order chi connectivity index (χ1) is 6.66. The van der Waals surface area contributed by atoms with Gasteiger partial charge in [-0.2, -0.15) is 0 Å². The van der Waals surface area contributed by atoms with E-state index in [4.69, 9.17) is 5.11 Å². The van der Waals surface area contributed by atoms with Crippen LogP contribution in [0.5, 0.6) is 0 Å². The first-order valence-corrected chi connectivity index (χ1v) is 4.62. The normalized spacial score (nSPS) is 29.5. The van der Waals surface area contributed by atoms with E-state index in [0.29, 0.717) is 6.42 Å². The molecule has 1 aliphatic heterocycles. The van der Waals surface area contributed by atoms with Gasteiger partial charge in [-0.25, -0.2) is 4.39 Å². The molecule has 14 heavy (non-hydrogen) atoms. The first-order valence-electron chi connectivity index (χ1n) is 4.62. The molecule has 2 nitrogen and oxygen atoms in total. The zero-order valence-corrected chi connectivity index (χ0v) is 8.00. The van der Waals surface area contributed by atoms with Gasteiger partial charge in [-0.05, 0) is 31.1 Å². The molecule has 2 rings (SSSR count). The van der Waals surface area contributed by atoms with Gasteiger partial charge in [0.2, 0.25) is 0 Å². The minimum absolute atomic E-state index is 0.101. The minimum atomic E-state index is -0.307. The molecule has 0 aromatic rings. The van der Waals surface area contributed by atoms with E-state index in [-0.39, 0.29) is 17.8 Å². The van der Waals surface area contributed by atoms with Gasteiger partial charge in [0.15, 0.2) is 0 Å². The van der Waals surface area contributed by atoms with Crippen LogP contribution in [0.3, 0.4) is 0 Å². The average molecular weight is 193 g/mol. The van der Waals surface area contributed by atoms with Gasteiger partial charge in [0.25, 0.3) is 0 Å². The van der Waals surface area contributed by atoms with Gasteiger partial charge in [0.05, 0.1) is 11.1 Å². The second kappa shape index (κ2) is 3.17. The molecule has 1 N–H and O–H groups in total. The minimum Gasteiger partial charge on any atom is -0.396 e. The van der Waals surface area contributed by atoms with Crippen LogP contribution in [-0.2, 0) is 0 Å². The fourth-order valence-corrected chi connectivity index (χ4v) is 1.83. The Balaban J connectivity index is 2.32. The number of hydrogen-bond donors (Lipinski definition) is 1. The van der Waals surface area contributed by atoms with E-state index >= 15 is 0 Å². The van der Waals surface area contributed by atoms with Crippen molar-refractivity contribution >= 4 is 5.71 Å². The van der Waals surface area contributed by atoms with Crippen LogP contribution < -0.4 is 0 Å². The predicted molar refractivity (Wildman–Crippen MR) is 53.7 cm³/mol. The van der Waals surface area contributed by atoms with Crippen molar-refractivity contribution in [2.45, 2.75) is 13.3 Å². The Morgan fingerprint density at radius 3 is 3.07 bits per heavy atom. The average Bonchev–Trinajstić information content (AvgIpc) is 2.46. The predicted octanol–water partition coefficient (Wildman–Crippen LogP) is 2.14. The van der Waals surface area contributed by atoms with Crippen LogP contribution in [0.25, 0.3) is 0 Å². The van der Waals surface area contributed by atoms with Crippen LogP contribution in [0, 0.1) is 5.41 Å². The molecule has 0 spiro atoms. The molecule has 0 saturated carbocycles. The molecule has 0 amide bonds. The number of aliphatic imine (C=N–C) groups is 1. The van der Waals surface area contributed by atoms with E-state index in [9.17, 15) is 4.39 Å². The van der Waals surface area contributed by atoms with E-state index in [0.717, 1.165) is 11.3 Å². The third-order valence-corrected chi connectivity index (χ3v) is 2.79. The van der Waals surface area contributed by atoms with Crippen molar-refractivity contribution in [2.24, 2.45) is 10.4 Å². The summed E-state index contributed by atoms with van der Waals surface area (Å²) in [5, 5.41) is 8.88. The summed E-state index contributed by atoms with van der Waals surface area (Å²) in [6, 6.07) is 0. The smallest absolute Gasteiger partial charge is 0.124 e. The monoisotopic (exact) mass is 193 g/mol. The number of aliphatic hydroxyl groups is 1. The summed E-state index contributed by atoms with van der Waals surface area (Å²) in [6.45, 7) is 2.09. The highest BCUT2D eigenvalue weighted by molar-refractivity contribution is 6.06. The number of rotatable bonds is 2. The molecule has 1 unspecified atom stereocenters. The number of allylic oxidation sites excluding steroid dienone is 4. The van der Waals surface area contributed by atoms with Gasteiger partial charge in [0, 0.05) is 12.8 Å². The van der Waals surface area contributed by atoms with Crippen molar-refractivity contribution < 1.29 is 9.50 Å². The standard InChI is InChI=1S/C11H12FNO/c1-11-4-2-9(12)6-10(11)13-7-8(11)3-5-14/h2,4,6-7,14H,3,5H2,1H3. The van der Waals surface area contributed by atoms with Crippen LogP contribution in [-0.4, -0.2) is 17.4 Å². The van der Waals surface area contributed by atoms with Crippen molar-refractivity contribution in [2.75, 3.05) is 6.61 Å². The third kappa shape index (κ3) is 1.24. The molecule has 0 aromatic heterocycles. The lowest BCUT2D eigenvalue weighted by Gasteiger charge is -2.26. The molecule has 0 saturated heterocycles. The molecule has 74 valence electrons. The summed E-state index contributed by atoms with van der Waals surface area (Å²) in [4.78, 5) is 4.16. The van der Waals surface area contributed by atoms with Gasteiger partial charge in [-0.1, -0.05) is 6.08 Å². The zero-order valence-electron chi connectivity index (χ0n) is 8.00. The maximum absolute atomic E-state index is 12.9. The molecule has 3 heteroatoms. The molecule has 1 heterocycles. The first kappa shape index (κ1) is 9.34. The second-order valence-electron chi connectivity index (χ2n) is 3.71. The topological polar surface area (TPSA) is 32.6 Å². The molecule has 2 aliphatic rings. The van der Waals surface area contributed by atoms with Gasteiger partial charge in [-0.15, -0.1) is 0 Å². The Bertz CT molecular complexity index is 379. The highest BCUT2D eigenvalue weighted by Gasteiger charge is 2.35. The zero-order chi connectivity index (χ0) is 10.2. The summed E-state index contributed by atoms with van der Waals surface area (Å²) in [6.07, 6.45) is 7.01. The largest absolute Gasteiger partial charge is 0.396 e. The quantitative estimate of drug-likeness (QED) is 0.716. The Labute approximate surface area is 82.2 Å². The highest BCUT2D eigenvalue weighted by Crippen LogP contribution is 2.40. The Hall–Kier alpha value is -1.22. The summed E-state index contributed by atoms with van der Waals surface area (Å²) < 4.78 is 12.9. The van der Waals surface area contributed by atoms with E-state index in [1.165, 1.54) is 12.2 Å². The summed E-state index contributed by atoms with van der Waals surface area (Å²) in [5.41, 5.74) is 1.45. The fraction of sp³-hybridized carbons (Fsp3) is 0.364. The number of fused-ring (bicyclic) bond motifs is 1.